The Bertz CT molecular complexity index is 612. The summed E-state index contributed by atoms with van der Waals surface area (Å²) in [4.78, 5) is 11.8. The van der Waals surface area contributed by atoms with Gasteiger partial charge in [0.1, 0.15) is 11.3 Å². The van der Waals surface area contributed by atoms with E-state index in [-0.39, 0.29) is 0 Å². The van der Waals surface area contributed by atoms with Gasteiger partial charge in [0.05, 0.1) is 7.11 Å². The van der Waals surface area contributed by atoms with Gasteiger partial charge in [-0.3, -0.25) is 5.32 Å². The molecular weight excluding hydrogens is 266 g/mol. The Morgan fingerprint density at radius 3 is 2.38 bits per heavy atom. The standard InChI is InChI=1S/C17H19NO3/c1-17(16(19)20,14-10-6-7-11-15(14)21-2)18-12-13-8-4-3-5-9-13/h3-11,18H,12H2,1-2H3,(H,19,20). The van der Waals surface area contributed by atoms with Gasteiger partial charge in [0.15, 0.2) is 0 Å². The number of methoxy groups -OCH3 is 1. The van der Waals surface area contributed by atoms with Gasteiger partial charge in [0, 0.05) is 12.1 Å². The van der Waals surface area contributed by atoms with E-state index in [4.69, 9.17) is 4.74 Å². The number of rotatable bonds is 6. The predicted molar refractivity (Wildman–Crippen MR) is 81.3 cm³/mol. The lowest BCUT2D eigenvalue weighted by Gasteiger charge is -2.28. The van der Waals surface area contributed by atoms with Crippen molar-refractivity contribution in [2.24, 2.45) is 0 Å². The minimum absolute atomic E-state index is 0.460. The van der Waals surface area contributed by atoms with Crippen LogP contribution in [0.5, 0.6) is 5.75 Å². The molecule has 0 spiro atoms. The number of hydrogen-bond donors (Lipinski definition) is 2. The zero-order chi connectivity index (χ0) is 15.3. The van der Waals surface area contributed by atoms with Crippen molar-refractivity contribution in [1.82, 2.24) is 5.32 Å². The summed E-state index contributed by atoms with van der Waals surface area (Å²) >= 11 is 0. The lowest BCUT2D eigenvalue weighted by Crippen LogP contribution is -2.46. The molecule has 2 aromatic carbocycles. The average molecular weight is 285 g/mol. The molecule has 0 radical (unpaired) electrons. The van der Waals surface area contributed by atoms with Crippen molar-refractivity contribution in [3.05, 3.63) is 65.7 Å². The van der Waals surface area contributed by atoms with Crippen LogP contribution in [0.25, 0.3) is 0 Å². The van der Waals surface area contributed by atoms with E-state index in [9.17, 15) is 9.90 Å². The van der Waals surface area contributed by atoms with Gasteiger partial charge in [-0.2, -0.15) is 0 Å². The Hall–Kier alpha value is -2.33. The molecule has 0 aliphatic rings. The molecular formula is C17H19NO3. The number of carboxylic acid groups (broad SMARTS) is 1. The van der Waals surface area contributed by atoms with Gasteiger partial charge in [0.25, 0.3) is 0 Å². The van der Waals surface area contributed by atoms with E-state index in [1.165, 1.54) is 7.11 Å². The topological polar surface area (TPSA) is 58.6 Å². The van der Waals surface area contributed by atoms with Crippen LogP contribution in [0.2, 0.25) is 0 Å². The lowest BCUT2D eigenvalue weighted by atomic mass is 9.90. The number of hydrogen-bond acceptors (Lipinski definition) is 3. The summed E-state index contributed by atoms with van der Waals surface area (Å²) in [5.74, 6) is -0.383. The van der Waals surface area contributed by atoms with Crippen molar-refractivity contribution in [3.8, 4) is 5.75 Å². The van der Waals surface area contributed by atoms with E-state index < -0.39 is 11.5 Å². The third kappa shape index (κ3) is 3.23. The van der Waals surface area contributed by atoms with Crippen LogP contribution in [-0.4, -0.2) is 18.2 Å². The Balaban J connectivity index is 2.30. The maximum Gasteiger partial charge on any atom is 0.328 e. The minimum Gasteiger partial charge on any atom is -0.496 e. The van der Waals surface area contributed by atoms with Gasteiger partial charge < -0.3 is 9.84 Å². The molecule has 0 amide bonds. The normalized spacial score (nSPS) is 13.4. The maximum absolute atomic E-state index is 11.8. The van der Waals surface area contributed by atoms with Crippen LogP contribution < -0.4 is 10.1 Å². The molecule has 2 rings (SSSR count). The first-order chi connectivity index (χ1) is 10.1. The number of nitrogens with one attached hydrogen (secondary N) is 1. The molecule has 1 unspecified atom stereocenters. The Labute approximate surface area is 124 Å². The number of aliphatic carboxylic acids is 1. The lowest BCUT2D eigenvalue weighted by molar-refractivity contribution is -0.144. The molecule has 0 fully saturated rings. The second-order valence-electron chi connectivity index (χ2n) is 4.97. The molecule has 2 aromatic rings. The summed E-state index contributed by atoms with van der Waals surface area (Å²) < 4.78 is 5.29. The highest BCUT2D eigenvalue weighted by Crippen LogP contribution is 2.30. The van der Waals surface area contributed by atoms with Gasteiger partial charge in [-0.15, -0.1) is 0 Å². The Morgan fingerprint density at radius 1 is 1.14 bits per heavy atom. The first-order valence-electron chi connectivity index (χ1n) is 6.74. The molecule has 0 aliphatic carbocycles. The zero-order valence-corrected chi connectivity index (χ0v) is 12.2. The van der Waals surface area contributed by atoms with Crippen molar-refractivity contribution in [2.45, 2.75) is 19.0 Å². The first-order valence-corrected chi connectivity index (χ1v) is 6.74. The fourth-order valence-corrected chi connectivity index (χ4v) is 2.22. The largest absolute Gasteiger partial charge is 0.496 e. The van der Waals surface area contributed by atoms with Gasteiger partial charge in [0.2, 0.25) is 0 Å². The maximum atomic E-state index is 11.8. The van der Waals surface area contributed by atoms with Crippen molar-refractivity contribution < 1.29 is 14.6 Å². The van der Waals surface area contributed by atoms with Crippen LogP contribution in [0, 0.1) is 0 Å². The SMILES string of the molecule is COc1ccccc1C(C)(NCc1ccccc1)C(=O)O. The fourth-order valence-electron chi connectivity index (χ4n) is 2.22. The van der Waals surface area contributed by atoms with Crippen LogP contribution in [0.15, 0.2) is 54.6 Å². The average Bonchev–Trinajstić information content (AvgIpc) is 2.53. The molecule has 4 nitrogen and oxygen atoms in total. The van der Waals surface area contributed by atoms with Gasteiger partial charge in [-0.05, 0) is 18.6 Å². The number of carbonyl (C=O) groups is 1. The van der Waals surface area contributed by atoms with Crippen LogP contribution in [0.3, 0.4) is 0 Å². The van der Waals surface area contributed by atoms with Crippen LogP contribution in [0.1, 0.15) is 18.1 Å². The van der Waals surface area contributed by atoms with Gasteiger partial charge in [-0.1, -0.05) is 48.5 Å². The van der Waals surface area contributed by atoms with Crippen molar-refractivity contribution in [2.75, 3.05) is 7.11 Å². The highest BCUT2D eigenvalue weighted by Gasteiger charge is 2.37. The summed E-state index contributed by atoms with van der Waals surface area (Å²) in [7, 11) is 1.54. The summed E-state index contributed by atoms with van der Waals surface area (Å²) in [6.45, 7) is 2.11. The summed E-state index contributed by atoms with van der Waals surface area (Å²) in [5, 5.41) is 12.8. The summed E-state index contributed by atoms with van der Waals surface area (Å²) in [5.41, 5.74) is 0.415. The molecule has 2 N–H and O–H groups in total. The van der Waals surface area contributed by atoms with E-state index in [0.717, 1.165) is 5.56 Å². The molecule has 110 valence electrons. The van der Waals surface area contributed by atoms with E-state index in [2.05, 4.69) is 5.32 Å². The van der Waals surface area contributed by atoms with E-state index in [1.54, 1.807) is 19.1 Å². The molecule has 0 heterocycles. The number of benzene rings is 2. The Morgan fingerprint density at radius 2 is 1.76 bits per heavy atom. The van der Waals surface area contributed by atoms with Gasteiger partial charge >= 0.3 is 5.97 Å². The first kappa shape index (κ1) is 15.1. The molecule has 21 heavy (non-hydrogen) atoms. The van der Waals surface area contributed by atoms with Crippen molar-refractivity contribution in [1.29, 1.82) is 0 Å². The van der Waals surface area contributed by atoms with E-state index >= 15 is 0 Å². The van der Waals surface area contributed by atoms with Crippen molar-refractivity contribution >= 4 is 5.97 Å². The quantitative estimate of drug-likeness (QED) is 0.857. The minimum atomic E-state index is -1.22. The van der Waals surface area contributed by atoms with Crippen LogP contribution in [-0.2, 0) is 16.9 Å². The Kier molecular flexibility index (Phi) is 4.60. The summed E-state index contributed by atoms with van der Waals surface area (Å²) in [6.07, 6.45) is 0. The van der Waals surface area contributed by atoms with E-state index in [1.807, 2.05) is 42.5 Å². The molecule has 0 aromatic heterocycles. The number of ether oxygens (including phenoxy) is 1. The monoisotopic (exact) mass is 285 g/mol. The number of para-hydroxylation sites is 1. The second-order valence-corrected chi connectivity index (χ2v) is 4.97. The molecule has 4 heteroatoms. The van der Waals surface area contributed by atoms with Crippen LogP contribution >= 0.6 is 0 Å². The molecule has 0 saturated carbocycles. The second kappa shape index (κ2) is 6.41. The van der Waals surface area contributed by atoms with Gasteiger partial charge in [-0.25, -0.2) is 4.79 Å². The molecule has 1 atom stereocenters. The highest BCUT2D eigenvalue weighted by atomic mass is 16.5. The molecule has 0 saturated heterocycles. The predicted octanol–water partition coefficient (Wildman–Crippen LogP) is 2.78. The third-order valence-electron chi connectivity index (χ3n) is 3.56. The van der Waals surface area contributed by atoms with Crippen LogP contribution in [0.4, 0.5) is 0 Å². The van der Waals surface area contributed by atoms with Crippen molar-refractivity contribution in [3.63, 3.8) is 0 Å². The fraction of sp³-hybridized carbons (Fsp3) is 0.235. The number of carboxylic acids is 1. The summed E-state index contributed by atoms with van der Waals surface area (Å²) in [6, 6.07) is 16.9. The zero-order valence-electron chi connectivity index (χ0n) is 12.2. The van der Waals surface area contributed by atoms with E-state index in [0.29, 0.717) is 17.9 Å². The smallest absolute Gasteiger partial charge is 0.328 e. The third-order valence-corrected chi connectivity index (χ3v) is 3.56. The molecule has 0 aliphatic heterocycles. The highest BCUT2D eigenvalue weighted by molar-refractivity contribution is 5.81. The molecule has 0 bridgehead atoms.